The Kier molecular flexibility index (Phi) is 6.59. The number of rotatable bonds is 8. The molecule has 0 fully saturated rings. The lowest BCUT2D eigenvalue weighted by atomic mass is 9.99. The third-order valence-corrected chi connectivity index (χ3v) is 5.39. The molecule has 0 unspecified atom stereocenters. The Bertz CT molecular complexity index is 1390. The van der Waals surface area contributed by atoms with Crippen LogP contribution in [0, 0.1) is 0 Å². The molecule has 2 heterocycles. The lowest BCUT2D eigenvalue weighted by molar-refractivity contribution is -0.116. The molecule has 2 amide bonds. The van der Waals surface area contributed by atoms with Gasteiger partial charge < -0.3 is 25.5 Å². The summed E-state index contributed by atoms with van der Waals surface area (Å²) >= 11 is 0. The smallest absolute Gasteiger partial charge is 0.248 e. The molecule has 0 saturated heterocycles. The zero-order valence-electron chi connectivity index (χ0n) is 18.8. The van der Waals surface area contributed by atoms with Crippen molar-refractivity contribution in [2.45, 2.75) is 6.54 Å². The number of nitrogens with one attached hydrogen (secondary N) is 2. The predicted molar refractivity (Wildman–Crippen MR) is 130 cm³/mol. The highest BCUT2D eigenvalue weighted by molar-refractivity contribution is 6.02. The number of ether oxygens (including phenoxy) is 2. The van der Waals surface area contributed by atoms with Crippen LogP contribution in [0.2, 0.25) is 0 Å². The number of aromatic nitrogens is 2. The second-order valence-electron chi connectivity index (χ2n) is 7.51. The highest BCUT2D eigenvalue weighted by Crippen LogP contribution is 2.31. The normalized spacial score (nSPS) is 11.0. The number of hydrogen-bond donors (Lipinski definition) is 3. The maximum atomic E-state index is 12.5. The number of H-pyrrole nitrogens is 1. The van der Waals surface area contributed by atoms with E-state index in [4.69, 9.17) is 15.2 Å². The van der Waals surface area contributed by atoms with Gasteiger partial charge >= 0.3 is 0 Å². The third kappa shape index (κ3) is 4.75. The van der Waals surface area contributed by atoms with E-state index in [1.807, 2.05) is 24.3 Å². The van der Waals surface area contributed by atoms with Crippen LogP contribution < -0.4 is 20.5 Å². The van der Waals surface area contributed by atoms with Crippen LogP contribution >= 0.6 is 0 Å². The van der Waals surface area contributed by atoms with E-state index in [-0.39, 0.29) is 5.91 Å². The van der Waals surface area contributed by atoms with Gasteiger partial charge in [0.1, 0.15) is 5.65 Å². The maximum absolute atomic E-state index is 12.5. The Morgan fingerprint density at radius 2 is 1.91 bits per heavy atom. The van der Waals surface area contributed by atoms with Gasteiger partial charge in [-0.15, -0.1) is 0 Å². The first-order valence-electron chi connectivity index (χ1n) is 10.5. The van der Waals surface area contributed by atoms with Crippen molar-refractivity contribution >= 4 is 28.9 Å². The van der Waals surface area contributed by atoms with Crippen LogP contribution in [-0.2, 0) is 11.3 Å². The second-order valence-corrected chi connectivity index (χ2v) is 7.51. The van der Waals surface area contributed by atoms with Gasteiger partial charge in [-0.2, -0.15) is 0 Å². The van der Waals surface area contributed by atoms with Crippen molar-refractivity contribution in [3.8, 4) is 22.6 Å². The standard InChI is InChI=1S/C26H24N4O4/c1-33-21-8-6-16(12-22(21)34-2)14-29-23(31)9-7-19-15-30-26-24(19)20(10-11-28-26)17-4-3-5-18(13-17)25(27)32/h3-13,15H,14H2,1-2H3,(H2,27,32)(H,28,30)(H,29,31)/b9-7+. The molecule has 2 aromatic carbocycles. The van der Waals surface area contributed by atoms with E-state index < -0.39 is 5.91 Å². The summed E-state index contributed by atoms with van der Waals surface area (Å²) in [7, 11) is 3.14. The number of methoxy groups -OCH3 is 2. The van der Waals surface area contributed by atoms with Crippen LogP contribution in [0.25, 0.3) is 28.2 Å². The van der Waals surface area contributed by atoms with E-state index >= 15 is 0 Å². The number of primary amides is 1. The molecular formula is C26H24N4O4. The first kappa shape index (κ1) is 22.6. The number of fused-ring (bicyclic) bond motifs is 1. The lowest BCUT2D eigenvalue weighted by Crippen LogP contribution is -2.20. The van der Waals surface area contributed by atoms with E-state index in [1.54, 1.807) is 57.0 Å². The molecule has 0 radical (unpaired) electrons. The van der Waals surface area contributed by atoms with Crippen LogP contribution in [0.3, 0.4) is 0 Å². The van der Waals surface area contributed by atoms with Crippen LogP contribution in [-0.4, -0.2) is 36.0 Å². The van der Waals surface area contributed by atoms with E-state index in [0.717, 1.165) is 27.6 Å². The Balaban J connectivity index is 1.54. The van der Waals surface area contributed by atoms with E-state index in [2.05, 4.69) is 15.3 Å². The fraction of sp³-hybridized carbons (Fsp3) is 0.115. The Labute approximate surface area is 196 Å². The van der Waals surface area contributed by atoms with Crippen LogP contribution in [0.5, 0.6) is 11.5 Å². The minimum atomic E-state index is -0.493. The van der Waals surface area contributed by atoms with Crippen molar-refractivity contribution in [3.63, 3.8) is 0 Å². The molecule has 0 aliphatic rings. The highest BCUT2D eigenvalue weighted by Gasteiger charge is 2.12. The average molecular weight is 457 g/mol. The van der Waals surface area contributed by atoms with Gasteiger partial charge in [0.15, 0.2) is 11.5 Å². The summed E-state index contributed by atoms with van der Waals surface area (Å²) in [4.78, 5) is 31.6. The number of hydrogen-bond acceptors (Lipinski definition) is 5. The largest absolute Gasteiger partial charge is 0.493 e. The van der Waals surface area contributed by atoms with Gasteiger partial charge in [-0.1, -0.05) is 18.2 Å². The number of benzene rings is 2. The summed E-state index contributed by atoms with van der Waals surface area (Å²) in [5.74, 6) is 0.490. The molecule has 0 aliphatic carbocycles. The van der Waals surface area contributed by atoms with Gasteiger partial charge in [0, 0.05) is 41.5 Å². The van der Waals surface area contributed by atoms with Crippen LogP contribution in [0.1, 0.15) is 21.5 Å². The monoisotopic (exact) mass is 456 g/mol. The number of carbonyl (C=O) groups is 2. The van der Waals surface area contributed by atoms with Crippen LogP contribution in [0.4, 0.5) is 0 Å². The molecule has 2 aromatic heterocycles. The van der Waals surface area contributed by atoms with Crippen molar-refractivity contribution < 1.29 is 19.1 Å². The summed E-state index contributed by atoms with van der Waals surface area (Å²) in [5.41, 5.74) is 9.91. The van der Waals surface area contributed by atoms with Crippen molar-refractivity contribution in [1.82, 2.24) is 15.3 Å². The van der Waals surface area contributed by atoms with Crippen LogP contribution in [0.15, 0.2) is 67.0 Å². The molecular weight excluding hydrogens is 432 g/mol. The van der Waals surface area contributed by atoms with Gasteiger partial charge in [-0.05, 0) is 53.1 Å². The average Bonchev–Trinajstić information content (AvgIpc) is 3.29. The molecule has 4 rings (SSSR count). The summed E-state index contributed by atoms with van der Waals surface area (Å²) in [6, 6.07) is 14.4. The summed E-state index contributed by atoms with van der Waals surface area (Å²) in [6.45, 7) is 0.337. The molecule has 172 valence electrons. The minimum Gasteiger partial charge on any atom is -0.493 e. The molecule has 0 atom stereocenters. The molecule has 8 nitrogen and oxygen atoms in total. The van der Waals surface area contributed by atoms with Crippen molar-refractivity contribution in [2.24, 2.45) is 5.73 Å². The van der Waals surface area contributed by atoms with E-state index in [1.165, 1.54) is 6.08 Å². The number of aromatic amines is 1. The molecule has 4 aromatic rings. The zero-order valence-corrected chi connectivity index (χ0v) is 18.8. The molecule has 34 heavy (non-hydrogen) atoms. The second kappa shape index (κ2) is 9.91. The zero-order chi connectivity index (χ0) is 24.1. The number of nitrogens with two attached hydrogens (primary N) is 1. The molecule has 8 heteroatoms. The predicted octanol–water partition coefficient (Wildman–Crippen LogP) is 3.68. The first-order chi connectivity index (χ1) is 16.5. The number of carbonyl (C=O) groups excluding carboxylic acids is 2. The summed E-state index contributed by atoms with van der Waals surface area (Å²) in [5, 5.41) is 3.71. The van der Waals surface area contributed by atoms with E-state index in [0.29, 0.717) is 29.3 Å². The number of pyridine rings is 1. The maximum Gasteiger partial charge on any atom is 0.248 e. The van der Waals surface area contributed by atoms with Gasteiger partial charge in [-0.3, -0.25) is 9.59 Å². The fourth-order valence-electron chi connectivity index (χ4n) is 3.70. The number of amides is 2. The molecule has 0 aliphatic heterocycles. The van der Waals surface area contributed by atoms with Crippen molar-refractivity contribution in [1.29, 1.82) is 0 Å². The van der Waals surface area contributed by atoms with Crippen molar-refractivity contribution in [2.75, 3.05) is 14.2 Å². The Hall–Kier alpha value is -4.59. The first-order valence-corrected chi connectivity index (χ1v) is 10.5. The van der Waals surface area contributed by atoms with Crippen molar-refractivity contribution in [3.05, 3.63) is 83.7 Å². The highest BCUT2D eigenvalue weighted by atomic mass is 16.5. The SMILES string of the molecule is COc1ccc(CNC(=O)/C=C/c2c[nH]c3nccc(-c4cccc(C(N)=O)c4)c23)cc1OC. The Morgan fingerprint density at radius 1 is 1.09 bits per heavy atom. The number of nitrogens with zero attached hydrogens (tertiary/aromatic N) is 1. The summed E-state index contributed by atoms with van der Waals surface area (Å²) < 4.78 is 10.5. The molecule has 0 spiro atoms. The van der Waals surface area contributed by atoms with Gasteiger partial charge in [0.25, 0.3) is 0 Å². The lowest BCUT2D eigenvalue weighted by Gasteiger charge is -2.09. The van der Waals surface area contributed by atoms with Gasteiger partial charge in [-0.25, -0.2) is 4.98 Å². The molecule has 4 N–H and O–H groups in total. The van der Waals surface area contributed by atoms with Gasteiger partial charge in [0.2, 0.25) is 11.8 Å². The quantitative estimate of drug-likeness (QED) is 0.350. The van der Waals surface area contributed by atoms with Gasteiger partial charge in [0.05, 0.1) is 14.2 Å². The Morgan fingerprint density at radius 3 is 2.68 bits per heavy atom. The molecule has 0 saturated carbocycles. The minimum absolute atomic E-state index is 0.245. The third-order valence-electron chi connectivity index (χ3n) is 5.39. The summed E-state index contributed by atoms with van der Waals surface area (Å²) in [6.07, 6.45) is 6.68. The fourth-order valence-corrected chi connectivity index (χ4v) is 3.70. The topological polar surface area (TPSA) is 119 Å². The molecule has 0 bridgehead atoms. The van der Waals surface area contributed by atoms with E-state index in [9.17, 15) is 9.59 Å².